The maximum Gasteiger partial charge on any atom is 0.344 e. The predicted octanol–water partition coefficient (Wildman–Crippen LogP) is 3.14. The molecule has 132 valence electrons. The summed E-state index contributed by atoms with van der Waals surface area (Å²) < 4.78 is 10.4. The monoisotopic (exact) mass is 342 g/mol. The number of hydrogen-bond donors (Lipinski definition) is 0. The molecule has 1 amide bonds. The van der Waals surface area contributed by atoms with Crippen molar-refractivity contribution in [3.05, 3.63) is 52.4 Å². The van der Waals surface area contributed by atoms with E-state index >= 15 is 0 Å². The first-order valence-corrected chi connectivity index (χ1v) is 8.60. The van der Waals surface area contributed by atoms with Crippen LogP contribution in [0.5, 0.6) is 0 Å². The minimum absolute atomic E-state index is 0.0636. The molecular weight excluding hydrogens is 320 g/mol. The molecule has 6 nitrogen and oxygen atoms in total. The minimum atomic E-state index is -0.437. The van der Waals surface area contributed by atoms with Crippen molar-refractivity contribution >= 4 is 11.9 Å². The van der Waals surface area contributed by atoms with Crippen molar-refractivity contribution in [1.29, 1.82) is 0 Å². The van der Waals surface area contributed by atoms with Crippen molar-refractivity contribution in [3.63, 3.8) is 0 Å². The molecule has 1 aliphatic rings. The molecule has 1 fully saturated rings. The van der Waals surface area contributed by atoms with Gasteiger partial charge < -0.3 is 14.2 Å². The number of likely N-dealkylation sites (tertiary alicyclic amines) is 1. The summed E-state index contributed by atoms with van der Waals surface area (Å²) in [5.41, 5.74) is 2.51. The lowest BCUT2D eigenvalue weighted by Crippen LogP contribution is -2.27. The molecule has 1 saturated heterocycles. The van der Waals surface area contributed by atoms with Gasteiger partial charge in [0.05, 0.1) is 5.69 Å². The van der Waals surface area contributed by atoms with E-state index in [1.54, 1.807) is 19.1 Å². The molecule has 1 aromatic heterocycles. The van der Waals surface area contributed by atoms with Crippen molar-refractivity contribution in [2.24, 2.45) is 0 Å². The van der Waals surface area contributed by atoms with Crippen LogP contribution in [0, 0.1) is 6.92 Å². The summed E-state index contributed by atoms with van der Waals surface area (Å²) in [6, 6.07) is 7.20. The third-order valence-electron chi connectivity index (χ3n) is 4.44. The molecule has 0 unspecified atom stereocenters. The molecule has 25 heavy (non-hydrogen) atoms. The molecule has 0 bridgehead atoms. The number of aromatic nitrogens is 1. The highest BCUT2D eigenvalue weighted by Crippen LogP contribution is 2.17. The van der Waals surface area contributed by atoms with Crippen LogP contribution in [0.2, 0.25) is 0 Å². The van der Waals surface area contributed by atoms with Gasteiger partial charge in [-0.1, -0.05) is 24.2 Å². The summed E-state index contributed by atoms with van der Waals surface area (Å²) in [4.78, 5) is 26.4. The second kappa shape index (κ2) is 7.51. The number of rotatable bonds is 5. The quantitative estimate of drug-likeness (QED) is 0.781. The zero-order valence-electron chi connectivity index (χ0n) is 14.6. The van der Waals surface area contributed by atoms with Gasteiger partial charge in [-0.25, -0.2) is 4.79 Å². The van der Waals surface area contributed by atoms with Gasteiger partial charge in [0.1, 0.15) is 17.9 Å². The Hall–Kier alpha value is -2.63. The van der Waals surface area contributed by atoms with Gasteiger partial charge in [0.25, 0.3) is 5.91 Å². The SMILES string of the molecule is CCc1noc(C)c1C(=O)OCc1ccc(C(=O)N2CCCC2)cc1. The van der Waals surface area contributed by atoms with Crippen molar-refractivity contribution in [2.45, 2.75) is 39.7 Å². The Kier molecular flexibility index (Phi) is 5.16. The molecule has 1 aromatic carbocycles. The van der Waals surface area contributed by atoms with Crippen molar-refractivity contribution in [3.8, 4) is 0 Å². The normalized spacial score (nSPS) is 13.9. The topological polar surface area (TPSA) is 72.6 Å². The Bertz CT molecular complexity index is 758. The van der Waals surface area contributed by atoms with E-state index < -0.39 is 5.97 Å². The maximum absolute atomic E-state index is 12.3. The highest BCUT2D eigenvalue weighted by molar-refractivity contribution is 5.94. The maximum atomic E-state index is 12.3. The number of amides is 1. The minimum Gasteiger partial charge on any atom is -0.457 e. The summed E-state index contributed by atoms with van der Waals surface area (Å²) in [5.74, 6) is 0.0926. The first-order chi connectivity index (χ1) is 12.1. The summed E-state index contributed by atoms with van der Waals surface area (Å²) >= 11 is 0. The molecule has 0 aliphatic carbocycles. The van der Waals surface area contributed by atoms with Gasteiger partial charge in [0, 0.05) is 18.7 Å². The molecule has 0 atom stereocenters. The Balaban J connectivity index is 1.61. The summed E-state index contributed by atoms with van der Waals surface area (Å²) in [5, 5.41) is 3.86. The number of ether oxygens (including phenoxy) is 1. The van der Waals surface area contributed by atoms with Crippen LogP contribution in [0.4, 0.5) is 0 Å². The van der Waals surface area contributed by atoms with Crippen molar-refractivity contribution in [2.75, 3.05) is 13.1 Å². The lowest BCUT2D eigenvalue weighted by Gasteiger charge is -2.15. The van der Waals surface area contributed by atoms with Crippen LogP contribution in [-0.4, -0.2) is 35.0 Å². The lowest BCUT2D eigenvalue weighted by atomic mass is 10.1. The molecule has 3 rings (SSSR count). The molecule has 0 spiro atoms. The lowest BCUT2D eigenvalue weighted by molar-refractivity contribution is 0.0469. The number of carbonyl (C=O) groups is 2. The van der Waals surface area contributed by atoms with E-state index in [1.807, 2.05) is 24.0 Å². The van der Waals surface area contributed by atoms with Crippen LogP contribution in [0.25, 0.3) is 0 Å². The third-order valence-corrected chi connectivity index (χ3v) is 4.44. The molecular formula is C19H22N2O4. The molecule has 2 heterocycles. The molecule has 2 aromatic rings. The van der Waals surface area contributed by atoms with Crippen molar-refractivity contribution in [1.82, 2.24) is 10.1 Å². The first-order valence-electron chi connectivity index (χ1n) is 8.60. The highest BCUT2D eigenvalue weighted by Gasteiger charge is 2.21. The van der Waals surface area contributed by atoms with E-state index in [0.717, 1.165) is 31.5 Å². The fourth-order valence-electron chi connectivity index (χ4n) is 2.99. The van der Waals surface area contributed by atoms with Gasteiger partial charge in [-0.3, -0.25) is 4.79 Å². The fourth-order valence-corrected chi connectivity index (χ4v) is 2.99. The summed E-state index contributed by atoms with van der Waals surface area (Å²) in [6.45, 7) is 5.41. The average Bonchev–Trinajstić information content (AvgIpc) is 3.29. The van der Waals surface area contributed by atoms with E-state index in [2.05, 4.69) is 5.16 Å². The second-order valence-electron chi connectivity index (χ2n) is 6.19. The van der Waals surface area contributed by atoms with E-state index in [1.165, 1.54) is 0 Å². The Labute approximate surface area is 146 Å². The molecule has 0 N–H and O–H groups in total. The molecule has 1 aliphatic heterocycles. The van der Waals surface area contributed by atoms with E-state index in [9.17, 15) is 9.59 Å². The zero-order chi connectivity index (χ0) is 17.8. The standard InChI is InChI=1S/C19H22N2O4/c1-3-16-17(13(2)25-20-16)19(23)24-12-14-6-8-15(9-7-14)18(22)21-10-4-5-11-21/h6-9H,3-5,10-12H2,1-2H3. The molecule has 0 radical (unpaired) electrons. The van der Waals surface area contributed by atoms with Crippen LogP contribution in [-0.2, 0) is 17.8 Å². The van der Waals surface area contributed by atoms with Crippen LogP contribution in [0.1, 0.15) is 57.5 Å². The average molecular weight is 342 g/mol. The number of esters is 1. The largest absolute Gasteiger partial charge is 0.457 e. The number of carbonyl (C=O) groups excluding carboxylic acids is 2. The van der Waals surface area contributed by atoms with Gasteiger partial charge in [0.15, 0.2) is 0 Å². The van der Waals surface area contributed by atoms with Crippen LogP contribution >= 0.6 is 0 Å². The molecule has 0 saturated carbocycles. The van der Waals surface area contributed by atoms with Crippen LogP contribution in [0.15, 0.2) is 28.8 Å². The van der Waals surface area contributed by atoms with Gasteiger partial charge in [-0.2, -0.15) is 0 Å². The summed E-state index contributed by atoms with van der Waals surface area (Å²) in [6.07, 6.45) is 2.75. The summed E-state index contributed by atoms with van der Waals surface area (Å²) in [7, 11) is 0. The van der Waals surface area contributed by atoms with Gasteiger partial charge in [-0.05, 0) is 43.9 Å². The Morgan fingerprint density at radius 3 is 2.52 bits per heavy atom. The number of aryl methyl sites for hydroxylation is 2. The highest BCUT2D eigenvalue weighted by atomic mass is 16.5. The van der Waals surface area contributed by atoms with Gasteiger partial charge >= 0.3 is 5.97 Å². The van der Waals surface area contributed by atoms with Crippen molar-refractivity contribution < 1.29 is 18.8 Å². The number of benzene rings is 1. The first kappa shape index (κ1) is 17.2. The Morgan fingerprint density at radius 2 is 1.88 bits per heavy atom. The smallest absolute Gasteiger partial charge is 0.344 e. The molecule has 6 heteroatoms. The fraction of sp³-hybridized carbons (Fsp3) is 0.421. The Morgan fingerprint density at radius 1 is 1.20 bits per heavy atom. The third kappa shape index (κ3) is 3.73. The van der Waals surface area contributed by atoms with Crippen LogP contribution < -0.4 is 0 Å². The predicted molar refractivity (Wildman–Crippen MR) is 91.3 cm³/mol. The second-order valence-corrected chi connectivity index (χ2v) is 6.19. The number of hydrogen-bond acceptors (Lipinski definition) is 5. The number of nitrogens with zero attached hydrogens (tertiary/aromatic N) is 2. The van der Waals surface area contributed by atoms with Gasteiger partial charge in [0.2, 0.25) is 0 Å². The van der Waals surface area contributed by atoms with Gasteiger partial charge in [-0.15, -0.1) is 0 Å². The van der Waals surface area contributed by atoms with E-state index in [4.69, 9.17) is 9.26 Å². The zero-order valence-corrected chi connectivity index (χ0v) is 14.6. The van der Waals surface area contributed by atoms with E-state index in [-0.39, 0.29) is 12.5 Å². The van der Waals surface area contributed by atoms with Crippen LogP contribution in [0.3, 0.4) is 0 Å². The van der Waals surface area contributed by atoms with E-state index in [0.29, 0.717) is 29.0 Å².